The van der Waals surface area contributed by atoms with Crippen molar-refractivity contribution in [1.29, 1.82) is 0 Å². The van der Waals surface area contributed by atoms with Crippen LogP contribution >= 0.6 is 0 Å². The summed E-state index contributed by atoms with van der Waals surface area (Å²) in [5, 5.41) is 7.47. The first-order valence-electron chi connectivity index (χ1n) is 8.77. The minimum Gasteiger partial charge on any atom is -0.352 e. The predicted molar refractivity (Wildman–Crippen MR) is 86.6 cm³/mol. The minimum atomic E-state index is -0.188. The van der Waals surface area contributed by atoms with Gasteiger partial charge in [-0.3, -0.25) is 14.4 Å². The van der Waals surface area contributed by atoms with E-state index < -0.39 is 0 Å². The lowest BCUT2D eigenvalue weighted by Gasteiger charge is -2.39. The van der Waals surface area contributed by atoms with Gasteiger partial charge in [-0.1, -0.05) is 19.8 Å². The summed E-state index contributed by atoms with van der Waals surface area (Å²) in [4.78, 5) is 15.2. The first-order valence-corrected chi connectivity index (χ1v) is 8.77. The summed E-state index contributed by atoms with van der Waals surface area (Å²) in [6.45, 7) is 5.24. The molecule has 1 aliphatic carbocycles. The highest BCUT2D eigenvalue weighted by molar-refractivity contribution is 5.80. The first-order chi connectivity index (χ1) is 10.7. The van der Waals surface area contributed by atoms with E-state index in [0.717, 1.165) is 13.0 Å². The number of hydrogen-bond acceptors (Lipinski definition) is 3. The van der Waals surface area contributed by atoms with E-state index >= 15 is 0 Å². The number of likely N-dealkylation sites (tertiary alicyclic amines) is 1. The van der Waals surface area contributed by atoms with Gasteiger partial charge < -0.3 is 5.32 Å². The highest BCUT2D eigenvalue weighted by Crippen LogP contribution is 2.37. The van der Waals surface area contributed by atoms with Crippen molar-refractivity contribution in [2.45, 2.75) is 63.5 Å². The molecule has 5 nitrogen and oxygen atoms in total. The summed E-state index contributed by atoms with van der Waals surface area (Å²) >= 11 is 0. The van der Waals surface area contributed by atoms with Crippen LogP contribution in [0, 0.1) is 0 Å². The van der Waals surface area contributed by atoms with Gasteiger partial charge in [0.15, 0.2) is 0 Å². The summed E-state index contributed by atoms with van der Waals surface area (Å²) in [6.07, 6.45) is 12.0. The van der Waals surface area contributed by atoms with Gasteiger partial charge in [0.25, 0.3) is 0 Å². The molecule has 2 fully saturated rings. The number of rotatable bonds is 6. The van der Waals surface area contributed by atoms with Crippen molar-refractivity contribution in [3.8, 4) is 0 Å². The summed E-state index contributed by atoms with van der Waals surface area (Å²) in [6, 6.07) is 1.69. The van der Waals surface area contributed by atoms with Gasteiger partial charge >= 0.3 is 0 Å². The van der Waals surface area contributed by atoms with E-state index in [-0.39, 0.29) is 17.5 Å². The third-order valence-corrected chi connectivity index (χ3v) is 5.44. The number of carbonyl (C=O) groups is 1. The van der Waals surface area contributed by atoms with E-state index in [4.69, 9.17) is 0 Å². The normalized spacial score (nSPS) is 22.8. The maximum Gasteiger partial charge on any atom is 0.244 e. The van der Waals surface area contributed by atoms with Crippen molar-refractivity contribution in [2.24, 2.45) is 0 Å². The largest absolute Gasteiger partial charge is 0.352 e. The maximum atomic E-state index is 12.6. The topological polar surface area (TPSA) is 50.2 Å². The van der Waals surface area contributed by atoms with Gasteiger partial charge in [0.2, 0.25) is 5.91 Å². The fourth-order valence-electron chi connectivity index (χ4n) is 4.16. The van der Waals surface area contributed by atoms with E-state index in [9.17, 15) is 4.79 Å². The molecule has 0 unspecified atom stereocenters. The SMILES string of the molecule is CC[C@H](C(=O)NCC1(N2CCCC2)CCCC1)n1cccn1. The summed E-state index contributed by atoms with van der Waals surface area (Å²) in [5.41, 5.74) is 0.217. The second-order valence-corrected chi connectivity index (χ2v) is 6.75. The second kappa shape index (κ2) is 6.82. The van der Waals surface area contributed by atoms with E-state index in [0.29, 0.717) is 0 Å². The second-order valence-electron chi connectivity index (χ2n) is 6.75. The lowest BCUT2D eigenvalue weighted by molar-refractivity contribution is -0.125. The van der Waals surface area contributed by atoms with Crippen LogP contribution in [0.1, 0.15) is 57.9 Å². The Bertz CT molecular complexity index is 473. The van der Waals surface area contributed by atoms with Crippen LogP contribution in [0.3, 0.4) is 0 Å². The molecule has 1 aromatic rings. The smallest absolute Gasteiger partial charge is 0.244 e. The number of amides is 1. The summed E-state index contributed by atoms with van der Waals surface area (Å²) in [5.74, 6) is 0.108. The molecule has 2 heterocycles. The fourth-order valence-corrected chi connectivity index (χ4v) is 4.16. The molecule has 5 heteroatoms. The number of aromatic nitrogens is 2. The van der Waals surface area contributed by atoms with Gasteiger partial charge in [0, 0.05) is 24.5 Å². The van der Waals surface area contributed by atoms with Crippen LogP contribution < -0.4 is 5.32 Å². The molecule has 1 aromatic heterocycles. The van der Waals surface area contributed by atoms with Gasteiger partial charge in [0.05, 0.1) is 0 Å². The molecule has 1 saturated heterocycles. The quantitative estimate of drug-likeness (QED) is 0.878. The van der Waals surface area contributed by atoms with E-state index in [1.54, 1.807) is 10.9 Å². The molecule has 1 atom stereocenters. The molecule has 2 aliphatic rings. The van der Waals surface area contributed by atoms with Gasteiger partial charge in [-0.15, -0.1) is 0 Å². The number of nitrogens with zero attached hydrogens (tertiary/aromatic N) is 3. The Morgan fingerprint density at radius 3 is 2.59 bits per heavy atom. The van der Waals surface area contributed by atoms with Crippen LogP contribution in [0.5, 0.6) is 0 Å². The van der Waals surface area contributed by atoms with Gasteiger partial charge in [-0.25, -0.2) is 0 Å². The van der Waals surface area contributed by atoms with E-state index in [1.807, 2.05) is 19.2 Å². The molecule has 1 N–H and O–H groups in total. The van der Waals surface area contributed by atoms with Crippen LogP contribution in [0.25, 0.3) is 0 Å². The Balaban J connectivity index is 1.63. The number of nitrogens with one attached hydrogen (secondary N) is 1. The molecule has 122 valence electrons. The van der Waals surface area contributed by atoms with Crippen LogP contribution in [0.15, 0.2) is 18.5 Å². The van der Waals surface area contributed by atoms with Crippen molar-refractivity contribution >= 4 is 5.91 Å². The average Bonchev–Trinajstić information content (AvgIpc) is 3.27. The lowest BCUT2D eigenvalue weighted by atomic mass is 9.95. The molecular weight excluding hydrogens is 276 g/mol. The van der Waals surface area contributed by atoms with Crippen LogP contribution in [-0.2, 0) is 4.79 Å². The van der Waals surface area contributed by atoms with Gasteiger partial charge in [-0.05, 0) is 51.3 Å². The molecular formula is C17H28N4O. The fraction of sp³-hybridized carbons (Fsp3) is 0.765. The highest BCUT2D eigenvalue weighted by Gasteiger charge is 2.41. The maximum absolute atomic E-state index is 12.6. The molecule has 0 bridgehead atoms. The van der Waals surface area contributed by atoms with Crippen LogP contribution in [0.4, 0.5) is 0 Å². The molecule has 3 rings (SSSR count). The zero-order valence-corrected chi connectivity index (χ0v) is 13.6. The third-order valence-electron chi connectivity index (χ3n) is 5.44. The van der Waals surface area contributed by atoms with E-state index in [2.05, 4.69) is 15.3 Å². The average molecular weight is 304 g/mol. The minimum absolute atomic E-state index is 0.108. The molecule has 1 saturated carbocycles. The Hall–Kier alpha value is -1.36. The van der Waals surface area contributed by atoms with Crippen molar-refractivity contribution in [2.75, 3.05) is 19.6 Å². The van der Waals surface area contributed by atoms with Crippen LogP contribution in [-0.4, -0.2) is 45.8 Å². The standard InChI is InChI=1S/C17H28N4O/c1-2-15(21-13-7-10-19-21)16(22)18-14-17(8-3-4-9-17)20-11-5-6-12-20/h7,10,13,15H,2-6,8-9,11-12,14H2,1H3,(H,18,22)/t15-/m1/s1. The molecule has 0 aromatic carbocycles. The predicted octanol–water partition coefficient (Wildman–Crippen LogP) is 2.36. The van der Waals surface area contributed by atoms with E-state index in [1.165, 1.54) is 51.6 Å². The Kier molecular flexibility index (Phi) is 4.81. The Morgan fingerprint density at radius 2 is 2.00 bits per heavy atom. The molecule has 1 amide bonds. The number of carbonyl (C=O) groups excluding carboxylic acids is 1. The third kappa shape index (κ3) is 3.05. The van der Waals surface area contributed by atoms with Gasteiger partial charge in [-0.2, -0.15) is 5.10 Å². The first kappa shape index (κ1) is 15.5. The molecule has 0 radical (unpaired) electrons. The lowest BCUT2D eigenvalue weighted by Crippen LogP contribution is -2.53. The molecule has 0 spiro atoms. The zero-order valence-electron chi connectivity index (χ0n) is 13.6. The van der Waals surface area contributed by atoms with Crippen LogP contribution in [0.2, 0.25) is 0 Å². The van der Waals surface area contributed by atoms with Crippen molar-refractivity contribution < 1.29 is 4.79 Å². The Labute approximate surface area is 133 Å². The number of hydrogen-bond donors (Lipinski definition) is 1. The van der Waals surface area contributed by atoms with Crippen molar-refractivity contribution in [3.05, 3.63) is 18.5 Å². The molecule has 22 heavy (non-hydrogen) atoms. The van der Waals surface area contributed by atoms with Crippen molar-refractivity contribution in [1.82, 2.24) is 20.0 Å². The monoisotopic (exact) mass is 304 g/mol. The summed E-state index contributed by atoms with van der Waals surface area (Å²) < 4.78 is 1.77. The Morgan fingerprint density at radius 1 is 1.27 bits per heavy atom. The van der Waals surface area contributed by atoms with Crippen molar-refractivity contribution in [3.63, 3.8) is 0 Å². The van der Waals surface area contributed by atoms with Gasteiger partial charge in [0.1, 0.15) is 6.04 Å². The summed E-state index contributed by atoms with van der Waals surface area (Å²) in [7, 11) is 0. The zero-order chi connectivity index (χ0) is 15.4. The highest BCUT2D eigenvalue weighted by atomic mass is 16.2. The molecule has 1 aliphatic heterocycles.